The first-order valence-electron chi connectivity index (χ1n) is 16.0. The molecule has 15 heteroatoms. The van der Waals surface area contributed by atoms with E-state index >= 15 is 0 Å². The Morgan fingerprint density at radius 2 is 1.47 bits per heavy atom. The number of nitrogens with one attached hydrogen (secondary N) is 1. The summed E-state index contributed by atoms with van der Waals surface area (Å²) in [5.41, 5.74) is 2.45. The second-order valence-corrected chi connectivity index (χ2v) is 12.4. The molecule has 0 spiro atoms. The van der Waals surface area contributed by atoms with Crippen LogP contribution in [0, 0.1) is 5.82 Å². The van der Waals surface area contributed by atoms with Crippen molar-refractivity contribution in [3.8, 4) is 22.9 Å². The predicted octanol–water partition coefficient (Wildman–Crippen LogP) is 7.77. The van der Waals surface area contributed by atoms with Crippen LogP contribution in [-0.2, 0) is 18.7 Å². The molecule has 0 fully saturated rings. The highest BCUT2D eigenvalue weighted by Gasteiger charge is 2.31. The second kappa shape index (κ2) is 16.0. The van der Waals surface area contributed by atoms with Gasteiger partial charge in [-0.25, -0.2) is 14.2 Å². The second-order valence-electron chi connectivity index (χ2n) is 11.5. The van der Waals surface area contributed by atoms with Crippen LogP contribution in [0.3, 0.4) is 0 Å². The van der Waals surface area contributed by atoms with E-state index in [9.17, 15) is 31.9 Å². The van der Waals surface area contributed by atoms with Crippen LogP contribution in [0.2, 0.25) is 0 Å². The molecule has 270 valence electrons. The molecule has 0 unspecified atom stereocenters. The van der Waals surface area contributed by atoms with E-state index in [2.05, 4.69) is 20.0 Å². The van der Waals surface area contributed by atoms with Gasteiger partial charge in [0.15, 0.2) is 5.16 Å². The van der Waals surface area contributed by atoms with Crippen molar-refractivity contribution in [3.05, 3.63) is 165 Å². The number of carbonyl (C=O) groups is 1. The number of aromatic nitrogens is 4. The van der Waals surface area contributed by atoms with Crippen LogP contribution in [0.15, 0.2) is 130 Å². The molecule has 6 rings (SSSR count). The fourth-order valence-corrected chi connectivity index (χ4v) is 6.02. The fraction of sp³-hybridized carbons (Fsp3) is 0.132. The minimum absolute atomic E-state index is 0.176. The maximum atomic E-state index is 13.5. The van der Waals surface area contributed by atoms with E-state index < -0.39 is 17.8 Å². The molecule has 0 saturated carbocycles. The van der Waals surface area contributed by atoms with Gasteiger partial charge >= 0.3 is 12.1 Å². The van der Waals surface area contributed by atoms with Gasteiger partial charge < -0.3 is 14.8 Å². The minimum Gasteiger partial charge on any atom is -0.457 e. The number of carbonyl (C=O) groups excluding carboxylic acids is 1. The van der Waals surface area contributed by atoms with E-state index in [1.165, 1.54) is 46.8 Å². The van der Waals surface area contributed by atoms with Crippen molar-refractivity contribution in [3.63, 3.8) is 0 Å². The number of thioether (sulfide) groups is 1. The first kappa shape index (κ1) is 36.6. The molecule has 53 heavy (non-hydrogen) atoms. The number of nitrogens with zero attached hydrogens (tertiary/aromatic N) is 4. The van der Waals surface area contributed by atoms with Crippen LogP contribution in [0.4, 0.5) is 23.2 Å². The molecule has 0 radical (unpaired) electrons. The largest absolute Gasteiger partial charge is 0.573 e. The Hall–Kier alpha value is -6.22. The van der Waals surface area contributed by atoms with Crippen LogP contribution in [0.25, 0.3) is 5.69 Å². The number of aryl methyl sites for hydroxylation is 1. The van der Waals surface area contributed by atoms with Gasteiger partial charge in [-0.1, -0.05) is 23.9 Å². The normalized spacial score (nSPS) is 11.3. The lowest BCUT2D eigenvalue weighted by Crippen LogP contribution is -2.23. The SMILES string of the molecule is CCn1cc(Cc2cn(-c3ccc(C(=O)Nc4ccc(Oc5ccc(OC(F)(F)F)cc5)cc4)cc3)c(SCc3ccc(F)cc3)nc2=O)cnc1=O. The molecule has 10 nitrogen and oxygen atoms in total. The van der Waals surface area contributed by atoms with Gasteiger partial charge in [-0.15, -0.1) is 13.2 Å². The number of hydrogen-bond donors (Lipinski definition) is 1. The molecule has 2 heterocycles. The lowest BCUT2D eigenvalue weighted by Gasteiger charge is -2.15. The Labute approximate surface area is 303 Å². The highest BCUT2D eigenvalue weighted by Crippen LogP contribution is 2.29. The lowest BCUT2D eigenvalue weighted by atomic mass is 10.1. The molecule has 4 aromatic carbocycles. The quantitative estimate of drug-likeness (QED) is 0.0768. The number of halogens is 4. The van der Waals surface area contributed by atoms with Crippen molar-refractivity contribution in [2.24, 2.45) is 0 Å². The van der Waals surface area contributed by atoms with E-state index in [0.717, 1.165) is 17.7 Å². The Morgan fingerprint density at radius 1 is 0.830 bits per heavy atom. The highest BCUT2D eigenvalue weighted by molar-refractivity contribution is 7.98. The van der Waals surface area contributed by atoms with Gasteiger partial charge in [0.05, 0.1) is 0 Å². The predicted molar refractivity (Wildman–Crippen MR) is 190 cm³/mol. The Kier molecular flexibility index (Phi) is 11.0. The van der Waals surface area contributed by atoms with Crippen molar-refractivity contribution in [2.45, 2.75) is 37.2 Å². The number of ether oxygens (including phenoxy) is 2. The molecular formula is C38H29F4N5O5S. The number of rotatable bonds is 12. The summed E-state index contributed by atoms with van der Waals surface area (Å²) in [6.45, 7) is 2.24. The molecule has 0 bridgehead atoms. The van der Waals surface area contributed by atoms with Gasteiger partial charge in [-0.2, -0.15) is 4.98 Å². The first-order valence-corrected chi connectivity index (χ1v) is 17.0. The fourth-order valence-electron chi connectivity index (χ4n) is 5.08. The maximum absolute atomic E-state index is 13.5. The van der Waals surface area contributed by atoms with Crippen LogP contribution >= 0.6 is 11.8 Å². The number of amides is 1. The monoisotopic (exact) mass is 743 g/mol. The summed E-state index contributed by atoms with van der Waals surface area (Å²) in [4.78, 5) is 46.6. The third-order valence-corrected chi connectivity index (χ3v) is 8.72. The summed E-state index contributed by atoms with van der Waals surface area (Å²) < 4.78 is 63.4. The molecule has 6 aromatic rings. The Bertz CT molecular complexity index is 2330. The maximum Gasteiger partial charge on any atom is 0.573 e. The van der Waals surface area contributed by atoms with Gasteiger partial charge in [0.2, 0.25) is 0 Å². The average Bonchev–Trinajstić information content (AvgIpc) is 3.14. The van der Waals surface area contributed by atoms with Crippen LogP contribution in [0.1, 0.15) is 34.0 Å². The number of anilines is 1. The zero-order valence-electron chi connectivity index (χ0n) is 27.8. The Morgan fingerprint density at radius 3 is 2.11 bits per heavy atom. The van der Waals surface area contributed by atoms with Crippen LogP contribution in [-0.4, -0.2) is 31.4 Å². The van der Waals surface area contributed by atoms with Gasteiger partial charge in [-0.05, 0) is 103 Å². The summed E-state index contributed by atoms with van der Waals surface area (Å²) in [5.74, 6) is -0.0362. The Balaban J connectivity index is 1.18. The number of benzene rings is 4. The van der Waals surface area contributed by atoms with E-state index in [1.807, 2.05) is 6.92 Å². The third-order valence-electron chi connectivity index (χ3n) is 7.70. The van der Waals surface area contributed by atoms with Crippen molar-refractivity contribution >= 4 is 23.4 Å². The number of hydrogen-bond acceptors (Lipinski definition) is 8. The molecule has 0 saturated heterocycles. The van der Waals surface area contributed by atoms with Crippen LogP contribution in [0.5, 0.6) is 17.2 Å². The van der Waals surface area contributed by atoms with Crippen molar-refractivity contribution in [1.82, 2.24) is 19.1 Å². The summed E-state index contributed by atoms with van der Waals surface area (Å²) in [7, 11) is 0. The van der Waals surface area contributed by atoms with E-state index in [0.29, 0.717) is 51.3 Å². The van der Waals surface area contributed by atoms with Crippen molar-refractivity contribution in [1.29, 1.82) is 0 Å². The molecule has 0 aliphatic rings. The zero-order chi connectivity index (χ0) is 37.5. The summed E-state index contributed by atoms with van der Waals surface area (Å²) in [6.07, 6.45) is 0.144. The van der Waals surface area contributed by atoms with Gasteiger partial charge in [0, 0.05) is 59.8 Å². The van der Waals surface area contributed by atoms with Gasteiger partial charge in [0.1, 0.15) is 23.1 Å². The van der Waals surface area contributed by atoms with Crippen LogP contribution < -0.4 is 26.0 Å². The van der Waals surface area contributed by atoms with E-state index in [-0.39, 0.29) is 29.4 Å². The molecule has 0 aliphatic carbocycles. The first-order chi connectivity index (χ1) is 25.4. The molecule has 0 aliphatic heterocycles. The summed E-state index contributed by atoms with van der Waals surface area (Å²) >= 11 is 1.29. The van der Waals surface area contributed by atoms with E-state index in [1.54, 1.807) is 77.6 Å². The smallest absolute Gasteiger partial charge is 0.457 e. The van der Waals surface area contributed by atoms with Crippen molar-refractivity contribution < 1.29 is 31.8 Å². The summed E-state index contributed by atoms with van der Waals surface area (Å²) in [5, 5.41) is 3.19. The molecule has 0 atom stereocenters. The summed E-state index contributed by atoms with van der Waals surface area (Å²) in [6, 6.07) is 24.1. The molecular weight excluding hydrogens is 715 g/mol. The lowest BCUT2D eigenvalue weighted by molar-refractivity contribution is -0.274. The minimum atomic E-state index is -4.79. The molecule has 1 amide bonds. The van der Waals surface area contributed by atoms with Crippen molar-refractivity contribution in [2.75, 3.05) is 5.32 Å². The third kappa shape index (κ3) is 9.77. The van der Waals surface area contributed by atoms with Gasteiger partial charge in [0.25, 0.3) is 11.5 Å². The average molecular weight is 744 g/mol. The number of alkyl halides is 3. The highest BCUT2D eigenvalue weighted by atomic mass is 32.2. The molecule has 1 N–H and O–H groups in total. The topological polar surface area (TPSA) is 117 Å². The standard InChI is InChI=1S/C38H29F4N5O5S/c1-2-46-21-25(20-43-36(46)50)19-27-22-47(37(45-35(27)49)53-23-24-3-7-28(39)8-4-24)30-11-5-26(6-12-30)34(48)44-29-9-13-31(14-10-29)51-32-15-17-33(18-16-32)52-38(40,41)42/h3-18,20-22H,2,19,23H2,1H3,(H,44,48). The zero-order valence-corrected chi connectivity index (χ0v) is 28.7. The van der Waals surface area contributed by atoms with Gasteiger partial charge in [-0.3, -0.25) is 18.7 Å². The molecule has 2 aromatic heterocycles. The van der Waals surface area contributed by atoms with E-state index in [4.69, 9.17) is 4.74 Å².